The van der Waals surface area contributed by atoms with Crippen LogP contribution in [0.15, 0.2) is 60.1 Å². The Bertz CT molecular complexity index is 1100. The fourth-order valence-electron chi connectivity index (χ4n) is 2.87. The number of H-pyrrole nitrogens is 1. The molecule has 0 amide bonds. The van der Waals surface area contributed by atoms with E-state index in [0.717, 1.165) is 33.7 Å². The second-order valence-electron chi connectivity index (χ2n) is 5.91. The summed E-state index contributed by atoms with van der Waals surface area (Å²) in [4.78, 5) is 12.0. The van der Waals surface area contributed by atoms with Gasteiger partial charge in [0.1, 0.15) is 5.75 Å². The molecule has 1 N–H and O–H groups in total. The number of hydrogen-bond donors (Lipinski definition) is 1. The molecule has 27 heavy (non-hydrogen) atoms. The van der Waals surface area contributed by atoms with Crippen LogP contribution in [0, 0.1) is 6.92 Å². The van der Waals surface area contributed by atoms with Crippen LogP contribution >= 0.6 is 0 Å². The number of pyridine rings is 1. The Morgan fingerprint density at radius 3 is 2.78 bits per heavy atom. The van der Waals surface area contributed by atoms with Crippen LogP contribution < -0.4 is 34.3 Å². The average Bonchev–Trinajstić information content (AvgIpc) is 3.32. The van der Waals surface area contributed by atoms with Crippen molar-refractivity contribution in [1.82, 2.24) is 19.5 Å². The summed E-state index contributed by atoms with van der Waals surface area (Å²) in [5, 5.41) is 0.452. The molecular weight excluding hydrogens is 371 g/mol. The minimum atomic E-state index is -1.32. The number of aromatic amines is 1. The Hall–Kier alpha value is -1.93. The number of methoxy groups -OCH3 is 1. The molecule has 0 spiro atoms. The van der Waals surface area contributed by atoms with Gasteiger partial charge in [0.2, 0.25) is 0 Å². The molecule has 0 radical (unpaired) electrons. The first-order valence-electron chi connectivity index (χ1n) is 8.15. The largest absolute Gasteiger partial charge is 1.00 e. The van der Waals surface area contributed by atoms with Crippen LogP contribution in [0.5, 0.6) is 5.75 Å². The second-order valence-corrected chi connectivity index (χ2v) is 7.27. The summed E-state index contributed by atoms with van der Waals surface area (Å²) in [5.74, 6) is 1.03. The molecule has 1 unspecified atom stereocenters. The van der Waals surface area contributed by atoms with Crippen molar-refractivity contribution < 1.29 is 39.9 Å². The Morgan fingerprint density at radius 2 is 2.04 bits per heavy atom. The van der Waals surface area contributed by atoms with Crippen LogP contribution in [0.1, 0.15) is 12.7 Å². The van der Waals surface area contributed by atoms with Crippen LogP contribution in [-0.2, 0) is 16.6 Å². The fraction of sp³-hybridized carbons (Fsp3) is 0.158. The topological polar surface area (TPSA) is 72.8 Å². The maximum atomic E-state index is 12.8. The zero-order valence-electron chi connectivity index (χ0n) is 16.5. The van der Waals surface area contributed by atoms with E-state index in [2.05, 4.69) is 15.0 Å². The predicted molar refractivity (Wildman–Crippen MR) is 102 cm³/mol. The van der Waals surface area contributed by atoms with Gasteiger partial charge in [0.05, 0.1) is 40.4 Å². The third kappa shape index (κ3) is 4.01. The van der Waals surface area contributed by atoms with E-state index in [4.69, 9.17) is 4.74 Å². The first-order valence-corrected chi connectivity index (χ1v) is 9.47. The number of fused-ring (bicyclic) bond motifs is 1. The number of ether oxygens (including phenoxy) is 1. The van der Waals surface area contributed by atoms with Crippen molar-refractivity contribution >= 4 is 21.8 Å². The van der Waals surface area contributed by atoms with Crippen molar-refractivity contribution in [2.24, 2.45) is 0 Å². The molecule has 4 aromatic rings. The van der Waals surface area contributed by atoms with Gasteiger partial charge in [-0.1, -0.05) is 0 Å². The van der Waals surface area contributed by atoms with Crippen LogP contribution in [0.3, 0.4) is 0 Å². The number of aromatic nitrogens is 4. The first kappa shape index (κ1) is 19.8. The minimum Gasteiger partial charge on any atom is -1.00 e. The third-order valence-electron chi connectivity index (χ3n) is 4.31. The molecule has 0 saturated heterocycles. The molecule has 0 aliphatic heterocycles. The Labute approximate surface area is 183 Å². The van der Waals surface area contributed by atoms with E-state index in [0.29, 0.717) is 5.16 Å². The molecule has 4 rings (SSSR count). The molecular formula is C19H19N4NaO2S. The van der Waals surface area contributed by atoms with E-state index < -0.39 is 10.8 Å². The van der Waals surface area contributed by atoms with Crippen molar-refractivity contribution in [3.8, 4) is 11.4 Å². The molecule has 1 aromatic carbocycles. The van der Waals surface area contributed by atoms with Gasteiger partial charge >= 0.3 is 29.6 Å². The van der Waals surface area contributed by atoms with E-state index in [-0.39, 0.29) is 36.7 Å². The average molecular weight is 390 g/mol. The molecule has 0 aliphatic rings. The SMILES string of the molecule is COc1ccnc(CS(=O)c2nc3ccc(-n4cccc4)cc3[nH]2)c1C.[H-].[Na+]. The van der Waals surface area contributed by atoms with Crippen molar-refractivity contribution in [3.05, 3.63) is 66.2 Å². The first-order chi connectivity index (χ1) is 12.7. The molecule has 3 heterocycles. The standard InChI is InChI=1S/C19H18N4O2S.Na.H/c1-13-17(20-8-7-18(13)25-2)12-26(24)19-21-15-6-5-14(11-16(15)22-19)23-9-3-4-10-23;;/h3-11H,12H2,1-2H3,(H,21,22);;/q;+1;-1. The summed E-state index contributed by atoms with van der Waals surface area (Å²) in [6, 6.07) is 11.7. The fourth-order valence-corrected chi connectivity index (χ4v) is 3.97. The quantitative estimate of drug-likeness (QED) is 0.504. The smallest absolute Gasteiger partial charge is 1.00 e. The molecule has 1 atom stereocenters. The Kier molecular flexibility index (Phi) is 6.16. The number of benzene rings is 1. The van der Waals surface area contributed by atoms with Gasteiger partial charge in [-0.2, -0.15) is 0 Å². The summed E-state index contributed by atoms with van der Waals surface area (Å²) in [6.07, 6.45) is 5.63. The molecule has 134 valence electrons. The monoisotopic (exact) mass is 390 g/mol. The Morgan fingerprint density at radius 1 is 1.26 bits per heavy atom. The van der Waals surface area contributed by atoms with Crippen LogP contribution in [0.25, 0.3) is 16.7 Å². The van der Waals surface area contributed by atoms with Crippen LogP contribution in [-0.4, -0.2) is 30.8 Å². The molecule has 0 aliphatic carbocycles. The molecule has 6 nitrogen and oxygen atoms in total. The van der Waals surface area contributed by atoms with Gasteiger partial charge in [-0.15, -0.1) is 0 Å². The molecule has 3 aromatic heterocycles. The molecule has 0 bridgehead atoms. The van der Waals surface area contributed by atoms with Gasteiger partial charge in [-0.25, -0.2) is 4.98 Å². The van der Waals surface area contributed by atoms with Crippen molar-refractivity contribution in [3.63, 3.8) is 0 Å². The van der Waals surface area contributed by atoms with Crippen molar-refractivity contribution in [1.29, 1.82) is 0 Å². The van der Waals surface area contributed by atoms with E-state index >= 15 is 0 Å². The number of imidazole rings is 1. The summed E-state index contributed by atoms with van der Waals surface area (Å²) < 4.78 is 20.1. The van der Waals surface area contributed by atoms with Gasteiger partial charge in [0, 0.05) is 29.8 Å². The van der Waals surface area contributed by atoms with Crippen LogP contribution in [0.2, 0.25) is 0 Å². The van der Waals surface area contributed by atoms with Gasteiger partial charge in [0.15, 0.2) is 5.16 Å². The maximum Gasteiger partial charge on any atom is 1.00 e. The number of hydrogen-bond acceptors (Lipinski definition) is 4. The summed E-state index contributed by atoms with van der Waals surface area (Å²) in [5.41, 5.74) is 4.31. The predicted octanol–water partition coefficient (Wildman–Crippen LogP) is 0.490. The number of nitrogens with one attached hydrogen (secondary N) is 1. The van der Waals surface area contributed by atoms with Crippen molar-refractivity contribution in [2.75, 3.05) is 7.11 Å². The second kappa shape index (κ2) is 8.39. The molecule has 8 heteroatoms. The summed E-state index contributed by atoms with van der Waals surface area (Å²) in [7, 11) is 0.293. The zero-order valence-corrected chi connectivity index (χ0v) is 18.3. The molecule has 0 saturated carbocycles. The van der Waals surface area contributed by atoms with Gasteiger partial charge in [-0.05, 0) is 43.3 Å². The Balaban J connectivity index is 0.00000140. The maximum absolute atomic E-state index is 12.8. The van der Waals surface area contributed by atoms with E-state index in [1.165, 1.54) is 0 Å². The normalized spacial score (nSPS) is 11.9. The van der Waals surface area contributed by atoms with E-state index in [9.17, 15) is 4.21 Å². The number of rotatable bonds is 5. The summed E-state index contributed by atoms with van der Waals surface area (Å²) >= 11 is 0. The molecule has 0 fully saturated rings. The van der Waals surface area contributed by atoms with E-state index in [1.54, 1.807) is 19.4 Å². The summed E-state index contributed by atoms with van der Waals surface area (Å²) in [6.45, 7) is 1.92. The van der Waals surface area contributed by atoms with Crippen molar-refractivity contribution in [2.45, 2.75) is 17.8 Å². The van der Waals surface area contributed by atoms with Crippen LogP contribution in [0.4, 0.5) is 0 Å². The number of nitrogens with zero attached hydrogens (tertiary/aromatic N) is 3. The minimum absolute atomic E-state index is 0. The van der Waals surface area contributed by atoms with Gasteiger partial charge < -0.3 is 15.7 Å². The third-order valence-corrected chi connectivity index (χ3v) is 5.47. The van der Waals surface area contributed by atoms with Gasteiger partial charge in [-0.3, -0.25) is 9.19 Å². The van der Waals surface area contributed by atoms with E-state index in [1.807, 2.05) is 54.2 Å². The zero-order chi connectivity index (χ0) is 18.1. The van der Waals surface area contributed by atoms with Gasteiger partial charge in [0.25, 0.3) is 0 Å².